The SMILES string of the molecule is CC[C@@]1(C(=O)NCCn2cc(C)nn2)C[C@@H]2CC[C@H]1N2C(=O)c1cccs1. The number of nitrogens with one attached hydrogen (secondary N) is 1. The Balaban J connectivity index is 1.45. The van der Waals surface area contributed by atoms with Gasteiger partial charge in [-0.05, 0) is 44.1 Å². The molecule has 0 aliphatic carbocycles. The molecule has 27 heavy (non-hydrogen) atoms. The Kier molecular flexibility index (Phi) is 4.75. The molecule has 7 nitrogen and oxygen atoms in total. The lowest BCUT2D eigenvalue weighted by atomic mass is 9.71. The number of hydrogen-bond acceptors (Lipinski definition) is 5. The van der Waals surface area contributed by atoms with Crippen LogP contribution in [0.25, 0.3) is 0 Å². The molecule has 2 fully saturated rings. The van der Waals surface area contributed by atoms with Gasteiger partial charge < -0.3 is 10.2 Å². The van der Waals surface area contributed by atoms with Crippen molar-refractivity contribution in [2.24, 2.45) is 5.41 Å². The van der Waals surface area contributed by atoms with Gasteiger partial charge in [-0.25, -0.2) is 0 Å². The first-order valence-corrected chi connectivity index (χ1v) is 10.4. The third kappa shape index (κ3) is 3.05. The maximum atomic E-state index is 13.1. The van der Waals surface area contributed by atoms with Crippen molar-refractivity contribution in [1.29, 1.82) is 0 Å². The summed E-state index contributed by atoms with van der Waals surface area (Å²) in [6.45, 7) is 5.06. The van der Waals surface area contributed by atoms with Crippen LogP contribution in [-0.4, -0.2) is 50.3 Å². The van der Waals surface area contributed by atoms with Gasteiger partial charge in [-0.2, -0.15) is 0 Å². The van der Waals surface area contributed by atoms with Gasteiger partial charge in [0.25, 0.3) is 5.91 Å². The average molecular weight is 388 g/mol. The lowest BCUT2D eigenvalue weighted by molar-refractivity contribution is -0.133. The molecule has 144 valence electrons. The van der Waals surface area contributed by atoms with E-state index in [1.165, 1.54) is 11.3 Å². The van der Waals surface area contributed by atoms with Crippen LogP contribution >= 0.6 is 11.3 Å². The predicted octanol–water partition coefficient (Wildman–Crippen LogP) is 2.24. The molecule has 0 radical (unpaired) electrons. The summed E-state index contributed by atoms with van der Waals surface area (Å²) in [5.41, 5.74) is 0.385. The number of thiophene rings is 1. The Morgan fingerprint density at radius 1 is 1.41 bits per heavy atom. The molecule has 0 aromatic carbocycles. The lowest BCUT2D eigenvalue weighted by Gasteiger charge is -2.35. The second-order valence-corrected chi connectivity index (χ2v) is 8.48. The molecular weight excluding hydrogens is 362 g/mol. The van der Waals surface area contributed by atoms with E-state index in [4.69, 9.17) is 0 Å². The number of carbonyl (C=O) groups excluding carboxylic acids is 2. The van der Waals surface area contributed by atoms with Gasteiger partial charge in [0.2, 0.25) is 5.91 Å². The van der Waals surface area contributed by atoms with Crippen molar-refractivity contribution in [2.45, 2.75) is 58.2 Å². The van der Waals surface area contributed by atoms with Crippen LogP contribution in [0.5, 0.6) is 0 Å². The summed E-state index contributed by atoms with van der Waals surface area (Å²) in [6, 6.07) is 3.95. The number of fused-ring (bicyclic) bond motifs is 2. The number of aryl methyl sites for hydroxylation is 1. The molecule has 2 saturated heterocycles. The van der Waals surface area contributed by atoms with E-state index in [0.29, 0.717) is 13.1 Å². The number of hydrogen-bond donors (Lipinski definition) is 1. The minimum atomic E-state index is -0.478. The number of aromatic nitrogens is 3. The van der Waals surface area contributed by atoms with Crippen LogP contribution in [0, 0.1) is 12.3 Å². The van der Waals surface area contributed by atoms with Crippen LogP contribution in [-0.2, 0) is 11.3 Å². The second kappa shape index (κ2) is 7.07. The van der Waals surface area contributed by atoms with Crippen molar-refractivity contribution in [2.75, 3.05) is 6.54 Å². The second-order valence-electron chi connectivity index (χ2n) is 7.53. The number of carbonyl (C=O) groups is 2. The molecule has 2 aliphatic rings. The van der Waals surface area contributed by atoms with Gasteiger partial charge in [-0.3, -0.25) is 14.3 Å². The third-order valence-corrected chi connectivity index (χ3v) is 6.93. The molecule has 4 heterocycles. The Morgan fingerprint density at radius 2 is 2.26 bits per heavy atom. The maximum absolute atomic E-state index is 13.1. The van der Waals surface area contributed by atoms with Gasteiger partial charge in [0.1, 0.15) is 0 Å². The van der Waals surface area contributed by atoms with Crippen molar-refractivity contribution in [3.63, 3.8) is 0 Å². The fraction of sp³-hybridized carbons (Fsp3) is 0.579. The first-order valence-electron chi connectivity index (χ1n) is 9.56. The van der Waals surface area contributed by atoms with Crippen molar-refractivity contribution < 1.29 is 9.59 Å². The first kappa shape index (κ1) is 18.2. The van der Waals surface area contributed by atoms with Crippen LogP contribution in [0.2, 0.25) is 0 Å². The summed E-state index contributed by atoms with van der Waals surface area (Å²) in [6.07, 6.45) is 5.28. The maximum Gasteiger partial charge on any atom is 0.264 e. The van der Waals surface area contributed by atoms with Gasteiger partial charge >= 0.3 is 0 Å². The number of nitrogens with zero attached hydrogens (tertiary/aromatic N) is 4. The molecule has 3 atom stereocenters. The van der Waals surface area contributed by atoms with E-state index >= 15 is 0 Å². The highest BCUT2D eigenvalue weighted by molar-refractivity contribution is 7.12. The van der Waals surface area contributed by atoms with Crippen LogP contribution < -0.4 is 5.32 Å². The zero-order chi connectivity index (χ0) is 19.0. The lowest BCUT2D eigenvalue weighted by Crippen LogP contribution is -2.50. The minimum absolute atomic E-state index is 0.00397. The van der Waals surface area contributed by atoms with Gasteiger partial charge in [-0.15, -0.1) is 16.4 Å². The van der Waals surface area contributed by atoms with Crippen molar-refractivity contribution >= 4 is 23.2 Å². The van der Waals surface area contributed by atoms with Gasteiger partial charge in [0.15, 0.2) is 0 Å². The predicted molar refractivity (Wildman–Crippen MR) is 102 cm³/mol. The summed E-state index contributed by atoms with van der Waals surface area (Å²) in [4.78, 5) is 28.9. The van der Waals surface area contributed by atoms with Crippen LogP contribution in [0.1, 0.15) is 48.0 Å². The zero-order valence-electron chi connectivity index (χ0n) is 15.7. The van der Waals surface area contributed by atoms with Gasteiger partial charge in [0.05, 0.1) is 22.5 Å². The fourth-order valence-corrected chi connectivity index (χ4v) is 5.43. The van der Waals surface area contributed by atoms with E-state index in [9.17, 15) is 9.59 Å². The van der Waals surface area contributed by atoms with Crippen LogP contribution in [0.3, 0.4) is 0 Å². The number of rotatable bonds is 6. The van der Waals surface area contributed by atoms with Gasteiger partial charge in [-0.1, -0.05) is 18.2 Å². The normalized spacial score (nSPS) is 26.5. The highest BCUT2D eigenvalue weighted by Gasteiger charge is 2.60. The van der Waals surface area contributed by atoms with E-state index in [0.717, 1.165) is 36.3 Å². The minimum Gasteiger partial charge on any atom is -0.354 e. The van der Waals surface area contributed by atoms with E-state index < -0.39 is 5.41 Å². The van der Waals surface area contributed by atoms with Crippen molar-refractivity contribution in [1.82, 2.24) is 25.2 Å². The third-order valence-electron chi connectivity index (χ3n) is 6.07. The summed E-state index contributed by atoms with van der Waals surface area (Å²) in [5, 5.41) is 13.0. The molecule has 8 heteroatoms. The van der Waals surface area contributed by atoms with Crippen molar-refractivity contribution in [3.05, 3.63) is 34.3 Å². The number of amides is 2. The van der Waals surface area contributed by atoms with Crippen molar-refractivity contribution in [3.8, 4) is 0 Å². The average Bonchev–Trinajstić information content (AvgIpc) is 3.45. The highest BCUT2D eigenvalue weighted by atomic mass is 32.1. The molecule has 0 unspecified atom stereocenters. The smallest absolute Gasteiger partial charge is 0.264 e. The molecule has 4 rings (SSSR count). The van der Waals surface area contributed by atoms with E-state index in [1.807, 2.05) is 35.5 Å². The van der Waals surface area contributed by atoms with Crippen LogP contribution in [0.15, 0.2) is 23.7 Å². The molecular formula is C19H25N5O2S. The summed E-state index contributed by atoms with van der Waals surface area (Å²) >= 11 is 1.47. The largest absolute Gasteiger partial charge is 0.354 e. The van der Waals surface area contributed by atoms with E-state index in [-0.39, 0.29) is 23.9 Å². The molecule has 2 amide bonds. The Hall–Kier alpha value is -2.22. The molecule has 0 spiro atoms. The molecule has 2 aliphatic heterocycles. The topological polar surface area (TPSA) is 80.1 Å². The van der Waals surface area contributed by atoms with E-state index in [2.05, 4.69) is 22.6 Å². The fourth-order valence-electron chi connectivity index (χ4n) is 4.77. The summed E-state index contributed by atoms with van der Waals surface area (Å²) < 4.78 is 1.74. The van der Waals surface area contributed by atoms with Crippen LogP contribution in [0.4, 0.5) is 0 Å². The standard InChI is InChI=1S/C19H25N5O2S/c1-3-19(18(26)20-8-9-23-12-13(2)21-22-23)11-14-6-7-16(19)24(14)17(25)15-5-4-10-27-15/h4-5,10,12,14,16H,3,6-9,11H2,1-2H3,(H,20,26)/t14-,16+,19+/m0/s1. The molecule has 1 N–H and O–H groups in total. The summed E-state index contributed by atoms with van der Waals surface area (Å²) in [5.74, 6) is 0.150. The first-order chi connectivity index (χ1) is 13.0. The molecule has 0 saturated carbocycles. The Labute approximate surface area is 162 Å². The summed E-state index contributed by atoms with van der Waals surface area (Å²) in [7, 11) is 0. The Morgan fingerprint density at radius 3 is 2.93 bits per heavy atom. The Bertz CT molecular complexity index is 833. The zero-order valence-corrected chi connectivity index (χ0v) is 16.5. The quantitative estimate of drug-likeness (QED) is 0.824. The van der Waals surface area contributed by atoms with Gasteiger partial charge in [0, 0.05) is 24.8 Å². The highest BCUT2D eigenvalue weighted by Crippen LogP contribution is 2.52. The van der Waals surface area contributed by atoms with E-state index in [1.54, 1.807) is 4.68 Å². The molecule has 2 aromatic rings. The molecule has 2 aromatic heterocycles. The monoisotopic (exact) mass is 387 g/mol. The molecule has 2 bridgehead atoms.